The van der Waals surface area contributed by atoms with Crippen molar-refractivity contribution in [2.75, 3.05) is 6.61 Å². The summed E-state index contributed by atoms with van der Waals surface area (Å²) >= 11 is 0. The van der Waals surface area contributed by atoms with E-state index in [2.05, 4.69) is 12.1 Å². The molecule has 0 bridgehead atoms. The molecule has 1 fully saturated rings. The minimum atomic E-state index is 0.660. The van der Waals surface area contributed by atoms with Crippen LogP contribution in [-0.2, 0) is 17.8 Å². The molecule has 0 radical (unpaired) electrons. The van der Waals surface area contributed by atoms with Crippen LogP contribution in [0.4, 0.5) is 0 Å². The van der Waals surface area contributed by atoms with Crippen LogP contribution < -0.4 is 0 Å². The summed E-state index contributed by atoms with van der Waals surface area (Å²) in [6.07, 6.45) is 3.49. The monoisotopic (exact) mass is 199 g/mol. The van der Waals surface area contributed by atoms with E-state index in [0.29, 0.717) is 5.92 Å². The van der Waals surface area contributed by atoms with Gasteiger partial charge in [-0.3, -0.25) is 0 Å². The molecule has 0 spiro atoms. The zero-order valence-electron chi connectivity index (χ0n) is 8.62. The summed E-state index contributed by atoms with van der Waals surface area (Å²) < 4.78 is 5.44. The molecule has 0 unspecified atom stereocenters. The normalized spacial score (nSPS) is 19.4. The standard InChI is InChI=1S/C13H13NO/c14-7-10-3-4-11-8-15-6-5-12(11)13(10)9-1-2-9/h3-4,9H,1-2,5-6,8H2. The highest BCUT2D eigenvalue weighted by molar-refractivity contribution is 5.50. The van der Waals surface area contributed by atoms with Gasteiger partial charge in [-0.15, -0.1) is 0 Å². The van der Waals surface area contributed by atoms with Crippen LogP contribution in [0.25, 0.3) is 0 Å². The Hall–Kier alpha value is -1.33. The van der Waals surface area contributed by atoms with E-state index in [4.69, 9.17) is 10.00 Å². The summed E-state index contributed by atoms with van der Waals surface area (Å²) in [4.78, 5) is 0. The first-order valence-corrected chi connectivity index (χ1v) is 5.52. The third-order valence-corrected chi connectivity index (χ3v) is 3.31. The Bertz CT molecular complexity index is 441. The van der Waals surface area contributed by atoms with E-state index < -0.39 is 0 Å². The van der Waals surface area contributed by atoms with E-state index in [0.717, 1.165) is 25.2 Å². The Labute approximate surface area is 89.5 Å². The molecular formula is C13H13NO. The Morgan fingerprint density at radius 3 is 2.93 bits per heavy atom. The molecule has 2 aliphatic rings. The number of fused-ring (bicyclic) bond motifs is 1. The molecule has 2 nitrogen and oxygen atoms in total. The molecule has 1 aromatic rings. The molecule has 1 aliphatic carbocycles. The smallest absolute Gasteiger partial charge is 0.0994 e. The lowest BCUT2D eigenvalue weighted by Crippen LogP contribution is -2.13. The van der Waals surface area contributed by atoms with Gasteiger partial charge < -0.3 is 4.74 Å². The van der Waals surface area contributed by atoms with Crippen molar-refractivity contribution in [3.05, 3.63) is 34.4 Å². The number of benzene rings is 1. The van der Waals surface area contributed by atoms with E-state index in [1.165, 1.54) is 29.5 Å². The first-order valence-electron chi connectivity index (χ1n) is 5.52. The Balaban J connectivity index is 2.17. The van der Waals surface area contributed by atoms with Crippen molar-refractivity contribution in [2.45, 2.75) is 31.8 Å². The van der Waals surface area contributed by atoms with Gasteiger partial charge >= 0.3 is 0 Å². The van der Waals surface area contributed by atoms with Crippen molar-refractivity contribution in [3.8, 4) is 6.07 Å². The molecule has 0 amide bonds. The molecule has 1 aromatic carbocycles. The largest absolute Gasteiger partial charge is 0.376 e. The summed E-state index contributed by atoms with van der Waals surface area (Å²) in [6, 6.07) is 6.34. The van der Waals surface area contributed by atoms with Crippen LogP contribution in [0.2, 0.25) is 0 Å². The second kappa shape index (κ2) is 3.36. The lowest BCUT2D eigenvalue weighted by atomic mass is 9.90. The minimum Gasteiger partial charge on any atom is -0.376 e. The Morgan fingerprint density at radius 2 is 2.20 bits per heavy atom. The second-order valence-corrected chi connectivity index (χ2v) is 4.35. The van der Waals surface area contributed by atoms with E-state index in [1.807, 2.05) is 6.07 Å². The van der Waals surface area contributed by atoms with Crippen molar-refractivity contribution in [2.24, 2.45) is 0 Å². The predicted molar refractivity (Wildman–Crippen MR) is 56.5 cm³/mol. The van der Waals surface area contributed by atoms with Gasteiger partial charge in [-0.2, -0.15) is 5.26 Å². The molecule has 0 aromatic heterocycles. The molecule has 15 heavy (non-hydrogen) atoms. The molecule has 2 heteroatoms. The summed E-state index contributed by atoms with van der Waals surface area (Å²) in [6.45, 7) is 1.53. The van der Waals surface area contributed by atoms with Gasteiger partial charge in [0.15, 0.2) is 0 Å². The molecule has 1 heterocycles. The van der Waals surface area contributed by atoms with Crippen molar-refractivity contribution in [1.82, 2.24) is 0 Å². The number of ether oxygens (including phenoxy) is 1. The number of hydrogen-bond donors (Lipinski definition) is 0. The zero-order chi connectivity index (χ0) is 10.3. The van der Waals surface area contributed by atoms with Crippen molar-refractivity contribution in [1.29, 1.82) is 5.26 Å². The van der Waals surface area contributed by atoms with E-state index in [1.54, 1.807) is 0 Å². The van der Waals surface area contributed by atoms with Crippen LogP contribution in [0.5, 0.6) is 0 Å². The first kappa shape index (κ1) is 8.94. The van der Waals surface area contributed by atoms with Gasteiger partial charge in [-0.25, -0.2) is 0 Å². The summed E-state index contributed by atoms with van der Waals surface area (Å²) in [5.74, 6) is 0.660. The van der Waals surface area contributed by atoms with Gasteiger partial charge in [0.1, 0.15) is 0 Å². The maximum absolute atomic E-state index is 9.12. The average molecular weight is 199 g/mol. The van der Waals surface area contributed by atoms with Crippen LogP contribution in [-0.4, -0.2) is 6.61 Å². The maximum Gasteiger partial charge on any atom is 0.0994 e. The van der Waals surface area contributed by atoms with E-state index in [-0.39, 0.29) is 0 Å². The summed E-state index contributed by atoms with van der Waals surface area (Å²) in [5, 5.41) is 9.12. The fourth-order valence-corrected chi connectivity index (χ4v) is 2.43. The predicted octanol–water partition coefficient (Wildman–Crippen LogP) is 2.51. The van der Waals surface area contributed by atoms with Crippen molar-refractivity contribution < 1.29 is 4.74 Å². The maximum atomic E-state index is 9.12. The molecule has 0 atom stereocenters. The number of rotatable bonds is 1. The highest BCUT2D eigenvalue weighted by atomic mass is 16.5. The van der Waals surface area contributed by atoms with Crippen LogP contribution >= 0.6 is 0 Å². The van der Waals surface area contributed by atoms with Gasteiger partial charge in [0.2, 0.25) is 0 Å². The molecule has 1 aliphatic heterocycles. The molecule has 3 rings (SSSR count). The number of nitriles is 1. The van der Waals surface area contributed by atoms with Gasteiger partial charge in [0, 0.05) is 0 Å². The zero-order valence-corrected chi connectivity index (χ0v) is 8.62. The van der Waals surface area contributed by atoms with Gasteiger partial charge in [-0.05, 0) is 47.9 Å². The van der Waals surface area contributed by atoms with Crippen LogP contribution in [0.15, 0.2) is 12.1 Å². The molecule has 0 saturated heterocycles. The third kappa shape index (κ3) is 1.44. The summed E-state index contributed by atoms with van der Waals surface area (Å²) in [5.41, 5.74) is 4.92. The minimum absolute atomic E-state index is 0.660. The van der Waals surface area contributed by atoms with E-state index in [9.17, 15) is 0 Å². The SMILES string of the molecule is N#Cc1ccc2c(c1C1CC1)CCOC2. The topological polar surface area (TPSA) is 33.0 Å². The van der Waals surface area contributed by atoms with Gasteiger partial charge in [-0.1, -0.05) is 6.07 Å². The highest BCUT2D eigenvalue weighted by Gasteiger charge is 2.30. The lowest BCUT2D eigenvalue weighted by Gasteiger charge is -2.20. The average Bonchev–Trinajstić information content (AvgIpc) is 3.11. The van der Waals surface area contributed by atoms with Gasteiger partial charge in [0.25, 0.3) is 0 Å². The highest BCUT2D eigenvalue weighted by Crippen LogP contribution is 2.44. The van der Waals surface area contributed by atoms with Crippen LogP contribution in [0, 0.1) is 11.3 Å². The molecule has 1 saturated carbocycles. The van der Waals surface area contributed by atoms with Gasteiger partial charge in [0.05, 0.1) is 24.8 Å². The van der Waals surface area contributed by atoms with Crippen LogP contribution in [0.1, 0.15) is 41.0 Å². The molecule has 0 N–H and O–H groups in total. The van der Waals surface area contributed by atoms with Crippen molar-refractivity contribution in [3.63, 3.8) is 0 Å². The fraction of sp³-hybridized carbons (Fsp3) is 0.462. The van der Waals surface area contributed by atoms with E-state index >= 15 is 0 Å². The molecular weight excluding hydrogens is 186 g/mol. The van der Waals surface area contributed by atoms with Crippen molar-refractivity contribution >= 4 is 0 Å². The first-order chi connectivity index (χ1) is 7.40. The molecule has 76 valence electrons. The lowest BCUT2D eigenvalue weighted by molar-refractivity contribution is 0.110. The third-order valence-electron chi connectivity index (χ3n) is 3.31. The Kier molecular flexibility index (Phi) is 2.00. The quantitative estimate of drug-likeness (QED) is 0.696. The Morgan fingerprint density at radius 1 is 1.33 bits per heavy atom. The number of nitrogens with zero attached hydrogens (tertiary/aromatic N) is 1. The fourth-order valence-electron chi connectivity index (χ4n) is 2.43. The van der Waals surface area contributed by atoms with Crippen LogP contribution in [0.3, 0.4) is 0 Å². The summed E-state index contributed by atoms with van der Waals surface area (Å²) in [7, 11) is 0. The number of hydrogen-bond acceptors (Lipinski definition) is 2. The second-order valence-electron chi connectivity index (χ2n) is 4.35.